The maximum absolute atomic E-state index is 14.3. The largest absolute Gasteiger partial charge is 0.460 e. The van der Waals surface area contributed by atoms with E-state index in [1.807, 2.05) is 45.9 Å². The molecule has 0 fully saturated rings. The molecule has 3 rings (SSSR count). The molecular weight excluding hydrogens is 407 g/mol. The Labute approximate surface area is 177 Å². The van der Waals surface area contributed by atoms with E-state index in [9.17, 15) is 9.18 Å². The van der Waals surface area contributed by atoms with Gasteiger partial charge in [0.15, 0.2) is 0 Å². The molecule has 0 saturated heterocycles. The van der Waals surface area contributed by atoms with Crippen LogP contribution in [0.5, 0.6) is 0 Å². The number of aromatic nitrogens is 1. The second kappa shape index (κ2) is 8.52. The van der Waals surface area contributed by atoms with Crippen LogP contribution in [0.25, 0.3) is 21.2 Å². The quantitative estimate of drug-likeness (QED) is 0.366. The standard InChI is InChI=1S/C22H21FN2O2S2/c1-13(21(26)27-22(2,3)4)12-28-18-8-7-16-11-25-29-20(16)19(18)14-5-6-15(10-24)17(23)9-14/h5-9,11,13H,12H2,1-4H3. The molecule has 0 spiro atoms. The highest BCUT2D eigenvalue weighted by molar-refractivity contribution is 7.99. The van der Waals surface area contributed by atoms with Gasteiger partial charge in [-0.3, -0.25) is 4.79 Å². The molecule has 0 aliphatic rings. The first kappa shape index (κ1) is 21.3. The number of carbonyl (C=O) groups excluding carboxylic acids is 1. The van der Waals surface area contributed by atoms with Crippen LogP contribution in [0, 0.1) is 23.1 Å². The number of halogens is 1. The van der Waals surface area contributed by atoms with Gasteiger partial charge >= 0.3 is 5.97 Å². The first-order chi connectivity index (χ1) is 13.7. The van der Waals surface area contributed by atoms with Crippen molar-refractivity contribution in [2.75, 3.05) is 5.75 Å². The maximum Gasteiger partial charge on any atom is 0.310 e. The van der Waals surface area contributed by atoms with Crippen LogP contribution in [0.15, 0.2) is 41.4 Å². The number of rotatable bonds is 5. The summed E-state index contributed by atoms with van der Waals surface area (Å²) in [7, 11) is 0. The summed E-state index contributed by atoms with van der Waals surface area (Å²) in [6, 6.07) is 10.4. The molecule has 3 aromatic rings. The molecule has 0 aliphatic heterocycles. The van der Waals surface area contributed by atoms with E-state index in [1.54, 1.807) is 12.3 Å². The first-order valence-electron chi connectivity index (χ1n) is 9.12. The van der Waals surface area contributed by atoms with E-state index in [-0.39, 0.29) is 17.5 Å². The maximum atomic E-state index is 14.3. The number of hydrogen-bond acceptors (Lipinski definition) is 6. The fourth-order valence-electron chi connectivity index (χ4n) is 2.76. The van der Waals surface area contributed by atoms with Gasteiger partial charge in [-0.15, -0.1) is 11.8 Å². The van der Waals surface area contributed by atoms with Crippen molar-refractivity contribution in [3.8, 4) is 17.2 Å². The van der Waals surface area contributed by atoms with Crippen molar-refractivity contribution in [2.45, 2.75) is 38.2 Å². The van der Waals surface area contributed by atoms with Gasteiger partial charge in [-0.1, -0.05) is 19.1 Å². The van der Waals surface area contributed by atoms with E-state index in [0.717, 1.165) is 20.5 Å². The number of thioether (sulfide) groups is 1. The molecule has 0 bridgehead atoms. The number of benzene rings is 2. The molecule has 0 amide bonds. The van der Waals surface area contributed by atoms with Crippen molar-refractivity contribution in [1.29, 1.82) is 5.26 Å². The fraction of sp³-hybridized carbons (Fsp3) is 0.318. The van der Waals surface area contributed by atoms with E-state index < -0.39 is 11.4 Å². The lowest BCUT2D eigenvalue weighted by atomic mass is 10.0. The number of ether oxygens (including phenoxy) is 1. The molecule has 1 unspecified atom stereocenters. The third kappa shape index (κ3) is 4.95. The van der Waals surface area contributed by atoms with Crippen LogP contribution in [0.4, 0.5) is 4.39 Å². The van der Waals surface area contributed by atoms with Gasteiger partial charge in [0.1, 0.15) is 17.5 Å². The Morgan fingerprint density at radius 1 is 1.34 bits per heavy atom. The predicted molar refractivity (Wildman–Crippen MR) is 115 cm³/mol. The van der Waals surface area contributed by atoms with Crippen molar-refractivity contribution in [3.63, 3.8) is 0 Å². The molecule has 150 valence electrons. The average Bonchev–Trinajstić information content (AvgIpc) is 3.12. The molecule has 7 heteroatoms. The highest BCUT2D eigenvalue weighted by atomic mass is 32.2. The molecule has 2 aromatic carbocycles. The third-order valence-corrected chi connectivity index (χ3v) is 6.31. The molecule has 0 radical (unpaired) electrons. The molecule has 1 aromatic heterocycles. The monoisotopic (exact) mass is 428 g/mol. The lowest BCUT2D eigenvalue weighted by Gasteiger charge is -2.22. The van der Waals surface area contributed by atoms with Gasteiger partial charge in [0, 0.05) is 27.8 Å². The van der Waals surface area contributed by atoms with Crippen LogP contribution in [-0.2, 0) is 9.53 Å². The van der Waals surface area contributed by atoms with E-state index >= 15 is 0 Å². The summed E-state index contributed by atoms with van der Waals surface area (Å²) < 4.78 is 24.9. The Kier molecular flexibility index (Phi) is 6.25. The highest BCUT2D eigenvalue weighted by Crippen LogP contribution is 2.40. The van der Waals surface area contributed by atoms with Gasteiger partial charge in [0.2, 0.25) is 0 Å². The highest BCUT2D eigenvalue weighted by Gasteiger charge is 2.23. The SMILES string of the molecule is CC(CSc1ccc2cnsc2c1-c1ccc(C#N)c(F)c1)C(=O)OC(C)(C)C. The summed E-state index contributed by atoms with van der Waals surface area (Å²) in [5.41, 5.74) is 1.04. The Balaban J connectivity index is 1.93. The number of nitrogens with zero attached hydrogens (tertiary/aromatic N) is 2. The summed E-state index contributed by atoms with van der Waals surface area (Å²) in [4.78, 5) is 13.2. The van der Waals surface area contributed by atoms with Crippen LogP contribution in [0.2, 0.25) is 0 Å². The van der Waals surface area contributed by atoms with Crippen LogP contribution < -0.4 is 0 Å². The number of hydrogen-bond donors (Lipinski definition) is 0. The number of carbonyl (C=O) groups is 1. The second-order valence-electron chi connectivity index (χ2n) is 7.73. The number of esters is 1. The molecule has 0 N–H and O–H groups in total. The zero-order valence-electron chi connectivity index (χ0n) is 16.7. The Morgan fingerprint density at radius 2 is 2.10 bits per heavy atom. The van der Waals surface area contributed by atoms with Gasteiger partial charge in [-0.05, 0) is 56.1 Å². The van der Waals surface area contributed by atoms with Crippen LogP contribution >= 0.6 is 23.3 Å². The van der Waals surface area contributed by atoms with Gasteiger partial charge in [-0.25, -0.2) is 4.39 Å². The van der Waals surface area contributed by atoms with Crippen molar-refractivity contribution in [1.82, 2.24) is 4.37 Å². The van der Waals surface area contributed by atoms with Gasteiger partial charge in [0.05, 0.1) is 16.2 Å². The minimum absolute atomic E-state index is 0.0120. The van der Waals surface area contributed by atoms with E-state index in [0.29, 0.717) is 11.3 Å². The van der Waals surface area contributed by atoms with Crippen molar-refractivity contribution >= 4 is 39.3 Å². The summed E-state index contributed by atoms with van der Waals surface area (Å²) in [5, 5.41) is 9.98. The number of nitriles is 1. The van der Waals surface area contributed by atoms with Crippen molar-refractivity contribution < 1.29 is 13.9 Å². The van der Waals surface area contributed by atoms with Gasteiger partial charge < -0.3 is 4.74 Å². The summed E-state index contributed by atoms with van der Waals surface area (Å²) >= 11 is 2.87. The summed E-state index contributed by atoms with van der Waals surface area (Å²) in [6.07, 6.45) is 1.78. The molecule has 0 aliphatic carbocycles. The zero-order chi connectivity index (χ0) is 21.2. The molecule has 1 heterocycles. The van der Waals surface area contributed by atoms with E-state index in [2.05, 4.69) is 4.37 Å². The Morgan fingerprint density at radius 3 is 2.76 bits per heavy atom. The van der Waals surface area contributed by atoms with Crippen molar-refractivity contribution in [2.24, 2.45) is 5.92 Å². The summed E-state index contributed by atoms with van der Waals surface area (Å²) in [6.45, 7) is 7.38. The smallest absolute Gasteiger partial charge is 0.310 e. The number of fused-ring (bicyclic) bond motifs is 1. The second-order valence-corrected chi connectivity index (χ2v) is 9.60. The minimum Gasteiger partial charge on any atom is -0.460 e. The van der Waals surface area contributed by atoms with Gasteiger partial charge in [-0.2, -0.15) is 9.64 Å². The van der Waals surface area contributed by atoms with Crippen LogP contribution in [0.3, 0.4) is 0 Å². The zero-order valence-corrected chi connectivity index (χ0v) is 18.3. The topological polar surface area (TPSA) is 63.0 Å². The molecule has 29 heavy (non-hydrogen) atoms. The third-order valence-electron chi connectivity index (χ3n) is 4.16. The Bertz CT molecular complexity index is 1100. The average molecular weight is 429 g/mol. The van der Waals surface area contributed by atoms with Crippen molar-refractivity contribution in [3.05, 3.63) is 47.9 Å². The van der Waals surface area contributed by atoms with E-state index in [4.69, 9.17) is 10.00 Å². The van der Waals surface area contributed by atoms with Crippen LogP contribution in [-0.4, -0.2) is 21.7 Å². The van der Waals surface area contributed by atoms with E-state index in [1.165, 1.54) is 35.4 Å². The van der Waals surface area contributed by atoms with Crippen LogP contribution in [0.1, 0.15) is 33.3 Å². The molecular formula is C22H21FN2O2S2. The molecule has 0 saturated carbocycles. The Hall–Kier alpha value is -2.43. The summed E-state index contributed by atoms with van der Waals surface area (Å²) in [5.74, 6) is -0.549. The predicted octanol–water partition coefficient (Wildman–Crippen LogP) is 6.04. The first-order valence-corrected chi connectivity index (χ1v) is 10.9. The lowest BCUT2D eigenvalue weighted by molar-refractivity contribution is -0.158. The lowest BCUT2D eigenvalue weighted by Crippen LogP contribution is -2.28. The molecule has 1 atom stereocenters. The molecule has 4 nitrogen and oxygen atoms in total. The minimum atomic E-state index is -0.551. The van der Waals surface area contributed by atoms with Gasteiger partial charge in [0.25, 0.3) is 0 Å². The normalized spacial score (nSPS) is 12.6. The fourth-order valence-corrected chi connectivity index (χ4v) is 4.73.